The van der Waals surface area contributed by atoms with Gasteiger partial charge in [-0.05, 0) is 62.6 Å². The number of nitrogens with one attached hydrogen (secondary N) is 4. The predicted octanol–water partition coefficient (Wildman–Crippen LogP) is 6.15. The van der Waals surface area contributed by atoms with Crippen molar-refractivity contribution in [3.8, 4) is 11.5 Å². The molecule has 3 atom stereocenters. The lowest BCUT2D eigenvalue weighted by Crippen LogP contribution is -2.59. The molecule has 0 spiro atoms. The largest absolute Gasteiger partial charge is 0.494 e. The van der Waals surface area contributed by atoms with Crippen LogP contribution in [0.3, 0.4) is 0 Å². The minimum Gasteiger partial charge on any atom is -0.494 e. The molecule has 0 saturated carbocycles. The summed E-state index contributed by atoms with van der Waals surface area (Å²) in [6.45, 7) is 7.94. The molecule has 1 fully saturated rings. The third-order valence-corrected chi connectivity index (χ3v) is 9.19. The molecule has 2 aromatic heterocycles. The van der Waals surface area contributed by atoms with Crippen LogP contribution in [0.2, 0.25) is 10.0 Å². The van der Waals surface area contributed by atoms with E-state index in [1.165, 1.54) is 13.4 Å². The second kappa shape index (κ2) is 17.4. The lowest BCUT2D eigenvalue weighted by molar-refractivity contribution is -0.143. The van der Waals surface area contributed by atoms with E-state index < -0.39 is 23.5 Å². The van der Waals surface area contributed by atoms with Gasteiger partial charge in [0.25, 0.3) is 0 Å². The molecule has 1 unspecified atom stereocenters. The van der Waals surface area contributed by atoms with Gasteiger partial charge in [-0.3, -0.25) is 19.4 Å². The van der Waals surface area contributed by atoms with Crippen molar-refractivity contribution in [3.63, 3.8) is 0 Å². The normalized spacial score (nSPS) is 15.3. The summed E-state index contributed by atoms with van der Waals surface area (Å²) in [6, 6.07) is 10.2. The van der Waals surface area contributed by atoms with Gasteiger partial charge in [-0.2, -0.15) is 0 Å². The zero-order chi connectivity index (χ0) is 36.9. The first kappa shape index (κ1) is 40.3. The van der Waals surface area contributed by atoms with Crippen LogP contribution in [0.15, 0.2) is 55.0 Å². The highest BCUT2D eigenvalue weighted by molar-refractivity contribution is 6.37. The smallest absolute Gasteiger partial charge is 0.247 e. The van der Waals surface area contributed by atoms with E-state index in [0.717, 1.165) is 5.69 Å². The van der Waals surface area contributed by atoms with Crippen molar-refractivity contribution >= 4 is 81.4 Å². The summed E-state index contributed by atoms with van der Waals surface area (Å²) in [5, 5.41) is 13.1. The third-order valence-electron chi connectivity index (χ3n) is 8.63. The highest BCUT2D eigenvalue weighted by Gasteiger charge is 2.42. The average molecular weight is 774 g/mol. The number of anilines is 3. The van der Waals surface area contributed by atoms with Gasteiger partial charge < -0.3 is 35.6 Å². The first-order chi connectivity index (χ1) is 24.3. The van der Waals surface area contributed by atoms with Crippen molar-refractivity contribution in [2.45, 2.75) is 65.3 Å². The Labute approximate surface area is 319 Å². The van der Waals surface area contributed by atoms with E-state index in [-0.39, 0.29) is 46.8 Å². The monoisotopic (exact) mass is 772 g/mol. The fourth-order valence-electron chi connectivity index (χ4n) is 5.72. The number of likely N-dealkylation sites (tertiary alicyclic amines) is 1. The standard InChI is InChI=1S/C36H42Cl2N8O5.ClH/c1-20(39-5)33(47)45-31(36(2,3)4)35(49)46-13-9-11-28(46)34(48)44-27-16-23-26(17-29(27)50-6)41-19-42-32(23)43-22-14-24(37)30(25(38)15-22)51-18-21-10-7-8-12-40-21;/h7-8,10,12,14-17,19-20,28,31,39H,9,11,13,18H2,1-6H3,(H,44,48)(H,45,47)(H,41,42,43);1H/t20-,28?,31+;/m0./s1. The van der Waals surface area contributed by atoms with Gasteiger partial charge in [0.15, 0.2) is 5.75 Å². The van der Waals surface area contributed by atoms with Crippen LogP contribution >= 0.6 is 35.6 Å². The van der Waals surface area contributed by atoms with Gasteiger partial charge in [0.1, 0.15) is 36.6 Å². The number of amides is 3. The maximum absolute atomic E-state index is 13.9. The van der Waals surface area contributed by atoms with E-state index in [2.05, 4.69) is 36.2 Å². The molecule has 3 amide bonds. The quantitative estimate of drug-likeness (QED) is 0.132. The SMILES string of the molecule is CN[C@@H](C)C(=O)N[C@H](C(=O)N1CCCC1C(=O)Nc1cc2c(Nc3cc(Cl)c(OCc4ccccn4)c(Cl)c3)ncnc2cc1OC)C(C)(C)C.Cl. The maximum atomic E-state index is 13.9. The molecule has 1 aliphatic rings. The topological polar surface area (TPSA) is 160 Å². The van der Waals surface area contributed by atoms with Crippen LogP contribution in [0, 0.1) is 5.41 Å². The Bertz CT molecular complexity index is 1890. The van der Waals surface area contributed by atoms with Crippen LogP contribution in [0.4, 0.5) is 17.2 Å². The van der Waals surface area contributed by atoms with Crippen LogP contribution in [0.25, 0.3) is 10.9 Å². The van der Waals surface area contributed by atoms with Crippen LogP contribution in [-0.2, 0) is 21.0 Å². The molecule has 13 nitrogen and oxygen atoms in total. The molecule has 16 heteroatoms. The van der Waals surface area contributed by atoms with Gasteiger partial charge in [0.2, 0.25) is 17.7 Å². The Morgan fingerprint density at radius 3 is 2.42 bits per heavy atom. The number of methoxy groups -OCH3 is 1. The van der Waals surface area contributed by atoms with E-state index in [1.807, 2.05) is 39.0 Å². The Kier molecular flexibility index (Phi) is 13.5. The fourth-order valence-corrected chi connectivity index (χ4v) is 6.31. The Balaban J connectivity index is 0.00000605. The molecule has 1 aliphatic heterocycles. The summed E-state index contributed by atoms with van der Waals surface area (Å²) in [6.07, 6.45) is 4.18. The molecule has 52 heavy (non-hydrogen) atoms. The highest BCUT2D eigenvalue weighted by Crippen LogP contribution is 2.39. The number of fused-ring (bicyclic) bond motifs is 1. The number of benzene rings is 2. The number of rotatable bonds is 12. The highest BCUT2D eigenvalue weighted by atomic mass is 35.5. The number of aromatic nitrogens is 3. The first-order valence-electron chi connectivity index (χ1n) is 16.5. The van der Waals surface area contributed by atoms with Crippen molar-refractivity contribution in [3.05, 3.63) is 70.7 Å². The zero-order valence-electron chi connectivity index (χ0n) is 29.8. The van der Waals surface area contributed by atoms with Gasteiger partial charge in [-0.1, -0.05) is 50.0 Å². The number of hydrogen-bond donors (Lipinski definition) is 4. The molecule has 0 bridgehead atoms. The van der Waals surface area contributed by atoms with E-state index in [4.69, 9.17) is 32.7 Å². The van der Waals surface area contributed by atoms with Crippen molar-refractivity contribution in [1.29, 1.82) is 0 Å². The van der Waals surface area contributed by atoms with Gasteiger partial charge in [-0.15, -0.1) is 12.4 Å². The second-order valence-corrected chi connectivity index (χ2v) is 14.1. The van der Waals surface area contributed by atoms with Gasteiger partial charge in [-0.25, -0.2) is 9.97 Å². The van der Waals surface area contributed by atoms with E-state index >= 15 is 0 Å². The molecule has 4 N–H and O–H groups in total. The van der Waals surface area contributed by atoms with Gasteiger partial charge >= 0.3 is 0 Å². The third kappa shape index (κ3) is 9.32. The molecule has 278 valence electrons. The van der Waals surface area contributed by atoms with E-state index in [1.54, 1.807) is 49.3 Å². The van der Waals surface area contributed by atoms with Crippen LogP contribution in [0.5, 0.6) is 11.5 Å². The number of hydrogen-bond acceptors (Lipinski definition) is 10. The zero-order valence-corrected chi connectivity index (χ0v) is 32.1. The minimum absolute atomic E-state index is 0. The molecule has 4 aromatic rings. The van der Waals surface area contributed by atoms with Gasteiger partial charge in [0, 0.05) is 29.9 Å². The Hall–Kier alpha value is -4.43. The molecule has 0 radical (unpaired) electrons. The minimum atomic E-state index is -0.835. The maximum Gasteiger partial charge on any atom is 0.247 e. The number of pyridine rings is 1. The van der Waals surface area contributed by atoms with Crippen molar-refractivity contribution in [2.75, 3.05) is 31.3 Å². The lowest BCUT2D eigenvalue weighted by Gasteiger charge is -2.36. The Morgan fingerprint density at radius 2 is 1.79 bits per heavy atom. The number of nitrogens with zero attached hydrogens (tertiary/aromatic N) is 4. The van der Waals surface area contributed by atoms with Crippen molar-refractivity contribution in [2.24, 2.45) is 5.41 Å². The van der Waals surface area contributed by atoms with E-state index in [9.17, 15) is 14.4 Å². The average Bonchev–Trinajstić information content (AvgIpc) is 3.60. The molecule has 1 saturated heterocycles. The predicted molar refractivity (Wildman–Crippen MR) is 205 cm³/mol. The fraction of sp³-hybridized carbons (Fsp3) is 0.389. The van der Waals surface area contributed by atoms with Crippen molar-refractivity contribution in [1.82, 2.24) is 30.5 Å². The molecular formula is C36H43Cl3N8O5. The number of carbonyl (C=O) groups is 3. The lowest BCUT2D eigenvalue weighted by atomic mass is 9.85. The summed E-state index contributed by atoms with van der Waals surface area (Å²) >= 11 is 13.2. The first-order valence-corrected chi connectivity index (χ1v) is 17.3. The number of likely N-dealkylation sites (N-methyl/N-ethyl adjacent to an activating group) is 1. The van der Waals surface area contributed by atoms with Crippen LogP contribution < -0.4 is 30.7 Å². The number of carbonyl (C=O) groups excluding carboxylic acids is 3. The Morgan fingerprint density at radius 1 is 1.06 bits per heavy atom. The summed E-state index contributed by atoms with van der Waals surface area (Å²) in [5.74, 6) is 0.121. The summed E-state index contributed by atoms with van der Waals surface area (Å²) < 4.78 is 11.5. The summed E-state index contributed by atoms with van der Waals surface area (Å²) in [4.78, 5) is 55.2. The molecule has 2 aromatic carbocycles. The van der Waals surface area contributed by atoms with Crippen LogP contribution in [0.1, 0.15) is 46.2 Å². The molecule has 5 rings (SSSR count). The van der Waals surface area contributed by atoms with E-state index in [0.29, 0.717) is 59.0 Å². The van der Waals surface area contributed by atoms with Crippen molar-refractivity contribution < 1.29 is 23.9 Å². The summed E-state index contributed by atoms with van der Waals surface area (Å²) in [5.41, 5.74) is 1.58. The molecular weight excluding hydrogens is 731 g/mol. The summed E-state index contributed by atoms with van der Waals surface area (Å²) in [7, 11) is 3.17. The number of ether oxygens (including phenoxy) is 2. The molecule has 3 heterocycles. The van der Waals surface area contributed by atoms with Crippen LogP contribution in [-0.4, -0.2) is 76.4 Å². The number of halogens is 3. The van der Waals surface area contributed by atoms with Gasteiger partial charge in [0.05, 0.1) is 40.1 Å². The molecule has 0 aliphatic carbocycles. The second-order valence-electron chi connectivity index (χ2n) is 13.3.